The van der Waals surface area contributed by atoms with Crippen LogP contribution in [0.15, 0.2) is 72.8 Å². The lowest BCUT2D eigenvalue weighted by Gasteiger charge is -2.28. The van der Waals surface area contributed by atoms with E-state index in [9.17, 15) is 9.59 Å². The Balaban J connectivity index is 1.16. The molecule has 10 heteroatoms. The molecule has 1 aliphatic heterocycles. The number of rotatable bonds is 12. The Hall–Kier alpha value is -4.25. The molecule has 1 saturated heterocycles. The molecule has 2 aliphatic rings. The van der Waals surface area contributed by atoms with Crippen molar-refractivity contribution in [1.29, 1.82) is 0 Å². The highest BCUT2D eigenvalue weighted by molar-refractivity contribution is 5.96. The maximum absolute atomic E-state index is 13.7. The molecule has 0 unspecified atom stereocenters. The zero-order valence-electron chi connectivity index (χ0n) is 26.3. The molecule has 1 aliphatic carbocycles. The second kappa shape index (κ2) is 15.4. The molecule has 10 nitrogen and oxygen atoms in total. The first-order valence-electron chi connectivity index (χ1n) is 16.5. The standard InChI is InChI=1S/C36H44N8O2/c37-23-26-7-11-28(12-8-26)34(45)22-31(36(46)39-32-15-13-29(14-16-32)35-40-42-43-41-35)21-25-5-9-27(10-6-25)33-4-2-1-3-30(33)24-44-19-17-38-18-20-44/h1-6,9-10,13-16,26,28,31,38H,7-8,11-12,17-24,37H2,(H,39,46)(H,40,41,42,43)/t26?,28?,31-/m1/s1. The molecule has 0 spiro atoms. The second-order valence-corrected chi connectivity index (χ2v) is 12.7. The number of hydrogen-bond acceptors (Lipinski definition) is 8. The molecule has 0 radical (unpaired) electrons. The van der Waals surface area contributed by atoms with E-state index in [2.05, 4.69) is 84.7 Å². The fourth-order valence-electron chi connectivity index (χ4n) is 6.77. The highest BCUT2D eigenvalue weighted by Crippen LogP contribution is 2.32. The van der Waals surface area contributed by atoms with Crippen molar-refractivity contribution < 1.29 is 9.59 Å². The van der Waals surface area contributed by atoms with Crippen molar-refractivity contribution in [1.82, 2.24) is 30.8 Å². The number of carbonyl (C=O) groups is 2. The average molecular weight is 621 g/mol. The van der Waals surface area contributed by atoms with Crippen molar-refractivity contribution in [3.63, 3.8) is 0 Å². The summed E-state index contributed by atoms with van der Waals surface area (Å²) in [6, 6.07) is 24.4. The number of nitrogens with two attached hydrogens (primary N) is 1. The predicted molar refractivity (Wildman–Crippen MR) is 180 cm³/mol. The highest BCUT2D eigenvalue weighted by Gasteiger charge is 2.30. The lowest BCUT2D eigenvalue weighted by Crippen LogP contribution is -2.42. The van der Waals surface area contributed by atoms with E-state index in [0.717, 1.165) is 75.1 Å². The van der Waals surface area contributed by atoms with E-state index in [0.29, 0.717) is 30.4 Å². The topological polar surface area (TPSA) is 142 Å². The number of benzene rings is 3. The van der Waals surface area contributed by atoms with Crippen molar-refractivity contribution >= 4 is 17.4 Å². The molecule has 3 aromatic carbocycles. The minimum absolute atomic E-state index is 0.00177. The number of tetrazole rings is 1. The molecule has 2 fully saturated rings. The van der Waals surface area contributed by atoms with Gasteiger partial charge in [0.25, 0.3) is 0 Å². The van der Waals surface area contributed by atoms with Gasteiger partial charge in [-0.2, -0.15) is 5.21 Å². The third-order valence-electron chi connectivity index (χ3n) is 9.58. The number of amides is 1. The van der Waals surface area contributed by atoms with Gasteiger partial charge < -0.3 is 16.4 Å². The van der Waals surface area contributed by atoms with Crippen LogP contribution in [0.4, 0.5) is 5.69 Å². The number of aromatic nitrogens is 4. The SMILES string of the molecule is NCC1CCC(C(=O)C[C@@H](Cc2ccc(-c3ccccc3CN3CCNCC3)cc2)C(=O)Nc2ccc(-c3nn[nH]n3)cc2)CC1. The molecular weight excluding hydrogens is 576 g/mol. The third kappa shape index (κ3) is 8.12. The summed E-state index contributed by atoms with van der Waals surface area (Å²) in [5.74, 6) is 0.535. The number of anilines is 1. The van der Waals surface area contributed by atoms with Crippen molar-refractivity contribution in [3.05, 3.63) is 83.9 Å². The largest absolute Gasteiger partial charge is 0.330 e. The van der Waals surface area contributed by atoms with Crippen LogP contribution in [0.25, 0.3) is 22.5 Å². The van der Waals surface area contributed by atoms with E-state index in [4.69, 9.17) is 5.73 Å². The van der Waals surface area contributed by atoms with Gasteiger partial charge in [0.05, 0.1) is 0 Å². The number of carbonyl (C=O) groups excluding carboxylic acids is 2. The van der Waals surface area contributed by atoms with Crippen molar-refractivity contribution in [2.24, 2.45) is 23.5 Å². The molecule has 1 aromatic heterocycles. The molecular formula is C36H44N8O2. The van der Waals surface area contributed by atoms with Crippen LogP contribution in [0, 0.1) is 17.8 Å². The van der Waals surface area contributed by atoms with Crippen LogP contribution in [-0.4, -0.2) is 69.9 Å². The first-order valence-corrected chi connectivity index (χ1v) is 16.5. The second-order valence-electron chi connectivity index (χ2n) is 12.7. The van der Waals surface area contributed by atoms with Crippen LogP contribution in [0.1, 0.15) is 43.2 Å². The maximum Gasteiger partial charge on any atom is 0.228 e. The number of ketones is 1. The Morgan fingerprint density at radius 2 is 1.63 bits per heavy atom. The Morgan fingerprint density at radius 3 is 2.33 bits per heavy atom. The summed E-state index contributed by atoms with van der Waals surface area (Å²) in [5, 5.41) is 20.6. The van der Waals surface area contributed by atoms with E-state index < -0.39 is 5.92 Å². The Bertz CT molecular complexity index is 1560. The van der Waals surface area contributed by atoms with Gasteiger partial charge in [-0.25, -0.2) is 0 Å². The van der Waals surface area contributed by atoms with Gasteiger partial charge in [0.2, 0.25) is 11.7 Å². The number of nitrogens with one attached hydrogen (secondary N) is 3. The fourth-order valence-corrected chi connectivity index (χ4v) is 6.77. The fraction of sp³-hybridized carbons (Fsp3) is 0.417. The normalized spacial score (nSPS) is 19.4. The van der Waals surface area contributed by atoms with Gasteiger partial charge in [0.15, 0.2) is 0 Å². The molecule has 1 amide bonds. The molecule has 1 atom stereocenters. The summed E-state index contributed by atoms with van der Waals surface area (Å²) in [7, 11) is 0. The van der Waals surface area contributed by atoms with Crippen molar-refractivity contribution in [3.8, 4) is 22.5 Å². The monoisotopic (exact) mass is 620 g/mol. The number of H-pyrrole nitrogens is 1. The Morgan fingerprint density at radius 1 is 0.913 bits per heavy atom. The minimum Gasteiger partial charge on any atom is -0.330 e. The smallest absolute Gasteiger partial charge is 0.228 e. The van der Waals surface area contributed by atoms with Crippen LogP contribution in [0.2, 0.25) is 0 Å². The molecule has 46 heavy (non-hydrogen) atoms. The van der Waals surface area contributed by atoms with Gasteiger partial charge in [-0.3, -0.25) is 14.5 Å². The summed E-state index contributed by atoms with van der Waals surface area (Å²) in [6.45, 7) is 5.74. The lowest BCUT2D eigenvalue weighted by molar-refractivity contribution is -0.129. The van der Waals surface area contributed by atoms with E-state index in [1.54, 1.807) is 0 Å². The third-order valence-corrected chi connectivity index (χ3v) is 9.58. The van der Waals surface area contributed by atoms with Gasteiger partial charge >= 0.3 is 0 Å². The molecule has 240 valence electrons. The molecule has 6 rings (SSSR count). The van der Waals surface area contributed by atoms with E-state index in [1.165, 1.54) is 11.1 Å². The number of nitrogens with zero attached hydrogens (tertiary/aromatic N) is 4. The summed E-state index contributed by atoms with van der Waals surface area (Å²) in [6.07, 6.45) is 4.38. The van der Waals surface area contributed by atoms with Crippen LogP contribution in [0.3, 0.4) is 0 Å². The Labute approximate surface area is 270 Å². The maximum atomic E-state index is 13.7. The molecule has 5 N–H and O–H groups in total. The van der Waals surface area contributed by atoms with Crippen LogP contribution < -0.4 is 16.4 Å². The quantitative estimate of drug-likeness (QED) is 0.182. The van der Waals surface area contributed by atoms with Gasteiger partial charge in [-0.15, -0.1) is 10.2 Å². The van der Waals surface area contributed by atoms with Gasteiger partial charge in [0.1, 0.15) is 5.78 Å². The number of hydrogen-bond donors (Lipinski definition) is 4. The van der Waals surface area contributed by atoms with Gasteiger partial charge in [-0.05, 0) is 96.3 Å². The van der Waals surface area contributed by atoms with Crippen LogP contribution in [0.5, 0.6) is 0 Å². The molecule has 4 aromatic rings. The van der Waals surface area contributed by atoms with E-state index in [-0.39, 0.29) is 24.0 Å². The zero-order valence-corrected chi connectivity index (χ0v) is 26.3. The molecule has 1 saturated carbocycles. The summed E-state index contributed by atoms with van der Waals surface area (Å²) >= 11 is 0. The summed E-state index contributed by atoms with van der Waals surface area (Å²) in [4.78, 5) is 29.8. The average Bonchev–Trinajstić information content (AvgIpc) is 3.65. The van der Waals surface area contributed by atoms with Crippen molar-refractivity contribution in [2.75, 3.05) is 38.0 Å². The van der Waals surface area contributed by atoms with Crippen LogP contribution >= 0.6 is 0 Å². The van der Waals surface area contributed by atoms with Gasteiger partial charge in [-0.1, -0.05) is 48.5 Å². The highest BCUT2D eigenvalue weighted by atomic mass is 16.2. The van der Waals surface area contributed by atoms with E-state index >= 15 is 0 Å². The van der Waals surface area contributed by atoms with Crippen LogP contribution in [-0.2, 0) is 22.6 Å². The lowest BCUT2D eigenvalue weighted by atomic mass is 9.77. The molecule has 2 heterocycles. The number of aromatic amines is 1. The number of piperazine rings is 1. The molecule has 0 bridgehead atoms. The summed E-state index contributed by atoms with van der Waals surface area (Å²) < 4.78 is 0. The predicted octanol–water partition coefficient (Wildman–Crippen LogP) is 4.46. The minimum atomic E-state index is -0.484. The zero-order chi connectivity index (χ0) is 31.7. The number of Topliss-reactive ketones (excluding diaryl/α,β-unsaturated/α-hetero) is 1. The van der Waals surface area contributed by atoms with Gasteiger partial charge in [0, 0.05) is 62.2 Å². The first-order chi connectivity index (χ1) is 22.6. The summed E-state index contributed by atoms with van der Waals surface area (Å²) in [5.41, 5.74) is 12.1. The first kappa shape index (κ1) is 31.7. The Kier molecular flexibility index (Phi) is 10.6. The van der Waals surface area contributed by atoms with E-state index in [1.807, 2.05) is 24.3 Å². The van der Waals surface area contributed by atoms with Crippen molar-refractivity contribution in [2.45, 2.75) is 45.1 Å².